The number of hydrogen-bond acceptors (Lipinski definition) is 2. The van der Waals surface area contributed by atoms with Crippen LogP contribution in [0.1, 0.15) is 34.3 Å². The van der Waals surface area contributed by atoms with Crippen LogP contribution in [0.2, 0.25) is 0 Å². The smallest absolute Gasteiger partial charge is 0.0998 e. The van der Waals surface area contributed by atoms with E-state index in [1.165, 1.54) is 22.3 Å². The van der Waals surface area contributed by atoms with Crippen LogP contribution in [0.15, 0.2) is 132 Å². The van der Waals surface area contributed by atoms with Crippen LogP contribution in [-0.2, 0) is 12.8 Å². The lowest BCUT2D eigenvalue weighted by molar-refractivity contribution is 0.595. The Kier molecular flexibility index (Phi) is 6.80. The first-order valence-electron chi connectivity index (χ1n) is 10.5. The van der Waals surface area contributed by atoms with E-state index >= 15 is 0 Å². The van der Waals surface area contributed by atoms with Gasteiger partial charge in [0.05, 0.1) is 12.1 Å². The van der Waals surface area contributed by atoms with E-state index in [0.29, 0.717) is 0 Å². The van der Waals surface area contributed by atoms with Crippen molar-refractivity contribution in [3.63, 3.8) is 0 Å². The Morgan fingerprint density at radius 1 is 0.400 bits per heavy atom. The third-order valence-corrected chi connectivity index (χ3v) is 5.26. The van der Waals surface area contributed by atoms with E-state index < -0.39 is 0 Å². The van der Waals surface area contributed by atoms with Crippen LogP contribution in [0.5, 0.6) is 0 Å². The van der Waals surface area contributed by atoms with Gasteiger partial charge in [-0.05, 0) is 22.3 Å². The summed E-state index contributed by atoms with van der Waals surface area (Å²) in [5, 5.41) is 9.77. The van der Waals surface area contributed by atoms with Crippen LogP contribution < -0.4 is 0 Å². The molecule has 0 amide bonds. The van der Waals surface area contributed by atoms with Crippen molar-refractivity contribution < 1.29 is 0 Å². The van der Waals surface area contributed by atoms with Crippen LogP contribution in [0.4, 0.5) is 0 Å². The molecule has 4 aromatic rings. The minimum Gasteiger partial charge on any atom is -0.185 e. The van der Waals surface area contributed by atoms with Crippen LogP contribution in [0, 0.1) is 0 Å². The van der Waals surface area contributed by atoms with Gasteiger partial charge in [0.2, 0.25) is 0 Å². The Morgan fingerprint density at radius 2 is 0.700 bits per heavy atom. The second-order valence-corrected chi connectivity index (χ2v) is 7.46. The number of nitrogens with zero attached hydrogens (tertiary/aromatic N) is 2. The van der Waals surface area contributed by atoms with Crippen molar-refractivity contribution in [3.05, 3.63) is 144 Å². The summed E-state index contributed by atoms with van der Waals surface area (Å²) in [6, 6.07) is 42.0. The molecule has 30 heavy (non-hydrogen) atoms. The average Bonchev–Trinajstić information content (AvgIpc) is 2.83. The molecule has 0 saturated heterocycles. The van der Waals surface area contributed by atoms with E-state index in [1.807, 2.05) is 24.3 Å². The van der Waals surface area contributed by atoms with Gasteiger partial charge in [-0.15, -0.1) is 0 Å². The Bertz CT molecular complexity index is 942. The maximum absolute atomic E-state index is 4.89. The summed E-state index contributed by atoms with van der Waals surface area (Å²) in [6.45, 7) is 0. The van der Waals surface area contributed by atoms with Crippen LogP contribution in [-0.4, -0.2) is 0 Å². The lowest BCUT2D eigenvalue weighted by Crippen LogP contribution is -2.03. The van der Waals surface area contributed by atoms with Gasteiger partial charge in [0.25, 0.3) is 0 Å². The van der Waals surface area contributed by atoms with Crippen molar-refractivity contribution in [2.24, 2.45) is 10.2 Å². The molecule has 2 atom stereocenters. The standard InChI is InChI=1S/C28H26N2/c1-5-13-23(14-6-1)21-27(25-17-9-3-10-18-25)29-30-28(26-19-11-4-12-20-26)22-24-15-7-2-8-16-24/h1-20,27-28H,21-22H2/t27-,28+. The topological polar surface area (TPSA) is 24.7 Å². The van der Waals surface area contributed by atoms with Gasteiger partial charge in [0.1, 0.15) is 0 Å². The molecule has 0 spiro atoms. The molecule has 148 valence electrons. The van der Waals surface area contributed by atoms with Crippen LogP contribution in [0.25, 0.3) is 0 Å². The fourth-order valence-corrected chi connectivity index (χ4v) is 3.64. The summed E-state index contributed by atoms with van der Waals surface area (Å²) in [4.78, 5) is 0. The first kappa shape index (κ1) is 19.8. The molecule has 0 unspecified atom stereocenters. The Morgan fingerprint density at radius 3 is 1.03 bits per heavy atom. The summed E-state index contributed by atoms with van der Waals surface area (Å²) in [5.41, 5.74) is 4.92. The molecule has 0 heterocycles. The van der Waals surface area contributed by atoms with Crippen LogP contribution >= 0.6 is 0 Å². The monoisotopic (exact) mass is 390 g/mol. The first-order chi connectivity index (χ1) is 14.9. The maximum atomic E-state index is 4.89. The van der Waals surface area contributed by atoms with Gasteiger partial charge in [-0.2, -0.15) is 10.2 Å². The zero-order chi connectivity index (χ0) is 20.4. The van der Waals surface area contributed by atoms with Gasteiger partial charge >= 0.3 is 0 Å². The molecule has 0 N–H and O–H groups in total. The maximum Gasteiger partial charge on any atom is 0.0998 e. The van der Waals surface area contributed by atoms with Crippen molar-refractivity contribution in [1.29, 1.82) is 0 Å². The molecule has 4 rings (SSSR count). The van der Waals surface area contributed by atoms with Crippen molar-refractivity contribution in [1.82, 2.24) is 0 Å². The van der Waals surface area contributed by atoms with E-state index in [4.69, 9.17) is 10.2 Å². The fourth-order valence-electron chi connectivity index (χ4n) is 3.64. The number of azo groups is 1. The number of rotatable bonds is 8. The molecule has 0 fully saturated rings. The average molecular weight is 391 g/mol. The lowest BCUT2D eigenvalue weighted by Gasteiger charge is -2.16. The molecule has 4 aromatic carbocycles. The van der Waals surface area contributed by atoms with Crippen LogP contribution in [0.3, 0.4) is 0 Å². The van der Waals surface area contributed by atoms with E-state index in [2.05, 4.69) is 97.1 Å². The highest BCUT2D eigenvalue weighted by Crippen LogP contribution is 2.28. The number of benzene rings is 4. The van der Waals surface area contributed by atoms with Gasteiger partial charge in [0.15, 0.2) is 0 Å². The van der Waals surface area contributed by atoms with E-state index in [0.717, 1.165) is 12.8 Å². The van der Waals surface area contributed by atoms with E-state index in [9.17, 15) is 0 Å². The molecule has 0 radical (unpaired) electrons. The molecule has 0 aliphatic carbocycles. The van der Waals surface area contributed by atoms with Crippen molar-refractivity contribution in [2.75, 3.05) is 0 Å². The van der Waals surface area contributed by atoms with Gasteiger partial charge in [0, 0.05) is 12.8 Å². The molecule has 2 heteroatoms. The molecule has 0 aliphatic rings. The quantitative estimate of drug-likeness (QED) is 0.280. The second kappa shape index (κ2) is 10.3. The van der Waals surface area contributed by atoms with Gasteiger partial charge in [-0.3, -0.25) is 0 Å². The minimum absolute atomic E-state index is 0.00409. The van der Waals surface area contributed by atoms with E-state index in [1.54, 1.807) is 0 Å². The third-order valence-electron chi connectivity index (χ3n) is 5.26. The summed E-state index contributed by atoms with van der Waals surface area (Å²) >= 11 is 0. The Balaban J connectivity index is 1.63. The van der Waals surface area contributed by atoms with E-state index in [-0.39, 0.29) is 12.1 Å². The fraction of sp³-hybridized carbons (Fsp3) is 0.143. The summed E-state index contributed by atoms with van der Waals surface area (Å²) in [6.07, 6.45) is 1.67. The predicted octanol–water partition coefficient (Wildman–Crippen LogP) is 7.41. The van der Waals surface area contributed by atoms with Crippen molar-refractivity contribution >= 4 is 0 Å². The summed E-state index contributed by atoms with van der Waals surface area (Å²) in [5.74, 6) is 0. The lowest BCUT2D eigenvalue weighted by atomic mass is 9.99. The zero-order valence-corrected chi connectivity index (χ0v) is 17.0. The highest BCUT2D eigenvalue weighted by Gasteiger charge is 2.15. The largest absolute Gasteiger partial charge is 0.185 e. The normalized spacial score (nSPS) is 13.2. The molecular formula is C28H26N2. The molecule has 2 nitrogen and oxygen atoms in total. The highest BCUT2D eigenvalue weighted by molar-refractivity contribution is 5.25. The number of hydrogen-bond donors (Lipinski definition) is 0. The van der Waals surface area contributed by atoms with Gasteiger partial charge < -0.3 is 0 Å². The molecule has 0 bridgehead atoms. The van der Waals surface area contributed by atoms with Gasteiger partial charge in [-0.1, -0.05) is 121 Å². The predicted molar refractivity (Wildman–Crippen MR) is 124 cm³/mol. The molecular weight excluding hydrogens is 364 g/mol. The Labute approximate surface area is 179 Å². The minimum atomic E-state index is -0.00409. The molecule has 0 saturated carbocycles. The van der Waals surface area contributed by atoms with Gasteiger partial charge in [-0.25, -0.2) is 0 Å². The second-order valence-electron chi connectivity index (χ2n) is 7.46. The van der Waals surface area contributed by atoms with Crippen molar-refractivity contribution in [2.45, 2.75) is 24.9 Å². The third kappa shape index (κ3) is 5.51. The first-order valence-corrected chi connectivity index (χ1v) is 10.5. The molecule has 0 aliphatic heterocycles. The highest BCUT2D eigenvalue weighted by atomic mass is 15.1. The summed E-state index contributed by atoms with van der Waals surface area (Å²) in [7, 11) is 0. The molecule has 0 aromatic heterocycles. The summed E-state index contributed by atoms with van der Waals surface area (Å²) < 4.78 is 0. The SMILES string of the molecule is c1ccc(C[C@H](N=N[C@H](Cc2ccccc2)c2ccccc2)c2ccccc2)cc1. The Hall–Kier alpha value is -3.52. The van der Waals surface area contributed by atoms with Crippen molar-refractivity contribution in [3.8, 4) is 0 Å². The zero-order valence-electron chi connectivity index (χ0n) is 17.0.